The number of aryl methyl sites for hydroxylation is 3. The SMILES string of the molecule is Cc1cc(C#N)cnc1N1CCc2ncc(-c3c(C)noc3C)cc2C1. The van der Waals surface area contributed by atoms with E-state index in [2.05, 4.69) is 32.2 Å². The van der Waals surface area contributed by atoms with Crippen molar-refractivity contribution in [3.63, 3.8) is 0 Å². The number of nitrogens with zero attached hydrogens (tertiary/aromatic N) is 5. The summed E-state index contributed by atoms with van der Waals surface area (Å²) >= 11 is 0. The predicted molar refractivity (Wildman–Crippen MR) is 97.7 cm³/mol. The van der Waals surface area contributed by atoms with Gasteiger partial charge in [0.25, 0.3) is 0 Å². The van der Waals surface area contributed by atoms with Gasteiger partial charge in [0.1, 0.15) is 17.6 Å². The van der Waals surface area contributed by atoms with Crippen LogP contribution >= 0.6 is 0 Å². The van der Waals surface area contributed by atoms with E-state index in [9.17, 15) is 0 Å². The number of fused-ring (bicyclic) bond motifs is 1. The van der Waals surface area contributed by atoms with Crippen LogP contribution in [0.25, 0.3) is 11.1 Å². The zero-order chi connectivity index (χ0) is 18.3. The lowest BCUT2D eigenvalue weighted by molar-refractivity contribution is 0.393. The molecule has 0 fully saturated rings. The molecule has 3 aromatic rings. The van der Waals surface area contributed by atoms with Gasteiger partial charge in [-0.05, 0) is 44.0 Å². The van der Waals surface area contributed by atoms with E-state index in [4.69, 9.17) is 9.78 Å². The number of hydrogen-bond donors (Lipinski definition) is 0. The zero-order valence-electron chi connectivity index (χ0n) is 15.1. The molecule has 0 N–H and O–H groups in total. The Morgan fingerprint density at radius 2 is 2.00 bits per heavy atom. The van der Waals surface area contributed by atoms with Crippen LogP contribution in [0.4, 0.5) is 5.82 Å². The standard InChI is InChI=1S/C20H19N5O/c1-12-6-15(8-21)9-23-20(12)25-5-4-18-17(11-25)7-16(10-22-18)19-13(2)24-26-14(19)3/h6-7,9-10H,4-5,11H2,1-3H3. The van der Waals surface area contributed by atoms with Crippen LogP contribution in [-0.2, 0) is 13.0 Å². The number of pyridine rings is 2. The van der Waals surface area contributed by atoms with Gasteiger partial charge in [0.2, 0.25) is 0 Å². The molecule has 0 amide bonds. The molecular weight excluding hydrogens is 326 g/mol. The minimum Gasteiger partial charge on any atom is -0.361 e. The highest BCUT2D eigenvalue weighted by atomic mass is 16.5. The van der Waals surface area contributed by atoms with E-state index < -0.39 is 0 Å². The normalized spacial score (nSPS) is 13.4. The third-order valence-corrected chi connectivity index (χ3v) is 4.84. The number of rotatable bonds is 2. The Hall–Kier alpha value is -3.20. The number of nitriles is 1. The first-order valence-electron chi connectivity index (χ1n) is 8.59. The summed E-state index contributed by atoms with van der Waals surface area (Å²) in [6.45, 7) is 7.48. The van der Waals surface area contributed by atoms with Crippen molar-refractivity contribution < 1.29 is 4.52 Å². The average molecular weight is 345 g/mol. The Kier molecular flexibility index (Phi) is 3.92. The van der Waals surface area contributed by atoms with Gasteiger partial charge >= 0.3 is 0 Å². The Morgan fingerprint density at radius 1 is 1.15 bits per heavy atom. The first kappa shape index (κ1) is 16.3. The Balaban J connectivity index is 1.68. The fourth-order valence-electron chi connectivity index (χ4n) is 3.60. The minimum atomic E-state index is 0.589. The van der Waals surface area contributed by atoms with E-state index >= 15 is 0 Å². The maximum absolute atomic E-state index is 9.03. The lowest BCUT2D eigenvalue weighted by atomic mass is 9.99. The van der Waals surface area contributed by atoms with Crippen molar-refractivity contribution in [1.29, 1.82) is 5.26 Å². The molecule has 0 unspecified atom stereocenters. The molecule has 0 radical (unpaired) electrons. The lowest BCUT2D eigenvalue weighted by Crippen LogP contribution is -2.32. The van der Waals surface area contributed by atoms with Crippen molar-refractivity contribution in [3.8, 4) is 17.2 Å². The van der Waals surface area contributed by atoms with Crippen molar-refractivity contribution in [2.45, 2.75) is 33.7 Å². The van der Waals surface area contributed by atoms with E-state index in [0.717, 1.165) is 59.2 Å². The van der Waals surface area contributed by atoms with Crippen molar-refractivity contribution in [3.05, 3.63) is 58.4 Å². The van der Waals surface area contributed by atoms with E-state index in [-0.39, 0.29) is 0 Å². The Bertz CT molecular complexity index is 1010. The van der Waals surface area contributed by atoms with Gasteiger partial charge < -0.3 is 9.42 Å². The molecule has 0 atom stereocenters. The summed E-state index contributed by atoms with van der Waals surface area (Å²) in [5.41, 5.74) is 6.86. The second-order valence-corrected chi connectivity index (χ2v) is 6.68. The second kappa shape index (κ2) is 6.26. The van der Waals surface area contributed by atoms with Crippen LogP contribution in [0.3, 0.4) is 0 Å². The van der Waals surface area contributed by atoms with Crippen LogP contribution in [0.15, 0.2) is 29.0 Å². The summed E-state index contributed by atoms with van der Waals surface area (Å²) in [4.78, 5) is 11.4. The topological polar surface area (TPSA) is 78.8 Å². The third-order valence-electron chi connectivity index (χ3n) is 4.84. The maximum atomic E-state index is 9.03. The highest BCUT2D eigenvalue weighted by molar-refractivity contribution is 5.68. The summed E-state index contributed by atoms with van der Waals surface area (Å²) in [6.07, 6.45) is 4.42. The molecule has 0 saturated carbocycles. The molecule has 0 bridgehead atoms. The van der Waals surface area contributed by atoms with Crippen molar-refractivity contribution in [1.82, 2.24) is 15.1 Å². The van der Waals surface area contributed by atoms with Crippen molar-refractivity contribution >= 4 is 5.82 Å². The van der Waals surface area contributed by atoms with Crippen molar-refractivity contribution in [2.24, 2.45) is 0 Å². The highest BCUT2D eigenvalue weighted by Gasteiger charge is 2.22. The van der Waals surface area contributed by atoms with Crippen molar-refractivity contribution in [2.75, 3.05) is 11.4 Å². The smallest absolute Gasteiger partial charge is 0.141 e. The van der Waals surface area contributed by atoms with Gasteiger partial charge in [-0.1, -0.05) is 5.16 Å². The van der Waals surface area contributed by atoms with Gasteiger partial charge in [-0.3, -0.25) is 4.98 Å². The van der Waals surface area contributed by atoms with Crippen LogP contribution in [0.2, 0.25) is 0 Å². The first-order valence-corrected chi connectivity index (χ1v) is 8.59. The molecule has 0 saturated heterocycles. The number of anilines is 1. The molecule has 130 valence electrons. The number of hydrogen-bond acceptors (Lipinski definition) is 6. The quantitative estimate of drug-likeness (QED) is 0.707. The molecule has 1 aliphatic rings. The molecule has 3 aromatic heterocycles. The molecule has 0 aromatic carbocycles. The van der Waals surface area contributed by atoms with Gasteiger partial charge in [-0.25, -0.2) is 4.98 Å². The van der Waals surface area contributed by atoms with Crippen LogP contribution < -0.4 is 4.90 Å². The highest BCUT2D eigenvalue weighted by Crippen LogP contribution is 2.31. The summed E-state index contributed by atoms with van der Waals surface area (Å²) in [5, 5.41) is 13.1. The van der Waals surface area contributed by atoms with Crippen LogP contribution in [0.1, 0.15) is 33.8 Å². The van der Waals surface area contributed by atoms with E-state index in [0.29, 0.717) is 5.56 Å². The van der Waals surface area contributed by atoms with Gasteiger partial charge in [-0.15, -0.1) is 0 Å². The van der Waals surface area contributed by atoms with Gasteiger partial charge in [-0.2, -0.15) is 5.26 Å². The summed E-state index contributed by atoms with van der Waals surface area (Å²) < 4.78 is 5.30. The Morgan fingerprint density at radius 3 is 2.69 bits per heavy atom. The average Bonchev–Trinajstić information content (AvgIpc) is 2.99. The van der Waals surface area contributed by atoms with Gasteiger partial charge in [0, 0.05) is 48.7 Å². The fourth-order valence-corrected chi connectivity index (χ4v) is 3.60. The van der Waals surface area contributed by atoms with Gasteiger partial charge in [0.15, 0.2) is 0 Å². The third kappa shape index (κ3) is 2.72. The lowest BCUT2D eigenvalue weighted by Gasteiger charge is -2.30. The molecule has 4 heterocycles. The van der Waals surface area contributed by atoms with Gasteiger partial charge in [0.05, 0.1) is 11.3 Å². The summed E-state index contributed by atoms with van der Waals surface area (Å²) in [6, 6.07) is 6.21. The summed E-state index contributed by atoms with van der Waals surface area (Å²) in [5.74, 6) is 1.74. The van der Waals surface area contributed by atoms with E-state index in [1.54, 1.807) is 6.20 Å². The van der Waals surface area contributed by atoms with E-state index in [1.165, 1.54) is 5.56 Å². The fraction of sp³-hybridized carbons (Fsp3) is 0.300. The number of aromatic nitrogens is 3. The molecule has 0 aliphatic carbocycles. The Labute approximate surface area is 152 Å². The van der Waals surface area contributed by atoms with Crippen LogP contribution in [-0.4, -0.2) is 21.7 Å². The maximum Gasteiger partial charge on any atom is 0.141 e. The summed E-state index contributed by atoms with van der Waals surface area (Å²) in [7, 11) is 0. The molecular formula is C20H19N5O. The minimum absolute atomic E-state index is 0.589. The molecule has 0 spiro atoms. The molecule has 6 nitrogen and oxygen atoms in total. The van der Waals surface area contributed by atoms with Crippen LogP contribution in [0, 0.1) is 32.1 Å². The van der Waals surface area contributed by atoms with E-state index in [1.807, 2.05) is 33.0 Å². The zero-order valence-corrected chi connectivity index (χ0v) is 15.1. The largest absolute Gasteiger partial charge is 0.361 e. The molecule has 26 heavy (non-hydrogen) atoms. The van der Waals surface area contributed by atoms with Crippen LogP contribution in [0.5, 0.6) is 0 Å². The molecule has 4 rings (SSSR count). The second-order valence-electron chi connectivity index (χ2n) is 6.68. The predicted octanol–water partition coefficient (Wildman–Crippen LogP) is 3.49. The monoisotopic (exact) mass is 345 g/mol. The molecule has 6 heteroatoms. The first-order chi connectivity index (χ1) is 12.6. The molecule has 1 aliphatic heterocycles.